The first kappa shape index (κ1) is 16.7. The molecule has 0 aliphatic carbocycles. The first-order valence-corrected chi connectivity index (χ1v) is 6.71. The topological polar surface area (TPSA) is 72.2 Å². The van der Waals surface area contributed by atoms with Gasteiger partial charge in [-0.15, -0.1) is 12.4 Å². The molecule has 98 valence electrons. The van der Waals surface area contributed by atoms with E-state index in [1.165, 1.54) is 6.07 Å². The second-order valence-corrected chi connectivity index (χ2v) is 5.78. The summed E-state index contributed by atoms with van der Waals surface area (Å²) in [4.78, 5) is 0.0834. The van der Waals surface area contributed by atoms with E-state index in [0.29, 0.717) is 0 Å². The normalized spacial score (nSPS) is 12.9. The van der Waals surface area contributed by atoms with Crippen molar-refractivity contribution in [1.29, 1.82) is 0 Å². The molecule has 0 saturated heterocycles. The number of sulfonamides is 1. The minimum Gasteiger partial charge on any atom is -0.329 e. The lowest BCUT2D eigenvalue weighted by Crippen LogP contribution is -2.37. The van der Waals surface area contributed by atoms with E-state index in [2.05, 4.69) is 4.72 Å². The maximum absolute atomic E-state index is 11.9. The molecular weight excluding hydrogens is 283 g/mol. The molecule has 0 saturated carbocycles. The van der Waals surface area contributed by atoms with Crippen LogP contribution in [0.25, 0.3) is 0 Å². The highest BCUT2D eigenvalue weighted by atomic mass is 35.5. The number of hydrogen-bond donors (Lipinski definition) is 2. The number of halogens is 2. The van der Waals surface area contributed by atoms with E-state index in [1.54, 1.807) is 19.1 Å². The Morgan fingerprint density at radius 2 is 2.06 bits per heavy atom. The van der Waals surface area contributed by atoms with E-state index >= 15 is 0 Å². The first-order valence-electron chi connectivity index (χ1n) is 4.85. The number of nitrogens with two attached hydrogens (primary N) is 1. The van der Waals surface area contributed by atoms with E-state index in [-0.39, 0.29) is 34.9 Å². The average molecular weight is 299 g/mol. The van der Waals surface area contributed by atoms with Crippen molar-refractivity contribution in [3.05, 3.63) is 28.8 Å². The molecule has 1 atom stereocenters. The fourth-order valence-corrected chi connectivity index (χ4v) is 3.06. The molecule has 0 aliphatic rings. The standard InChI is InChI=1S/C10H15ClN2O2S.ClH/c1-7-3-4-10(9(11)5-7)16(14,15)13-8(2)6-12;/h3-5,8,13H,6,12H2,1-2H3;1H/t8-;/m1./s1. The molecule has 0 aromatic heterocycles. The van der Waals surface area contributed by atoms with Gasteiger partial charge in [-0.2, -0.15) is 0 Å². The predicted octanol–water partition coefficient (Wildman–Crippen LogP) is 1.70. The monoisotopic (exact) mass is 298 g/mol. The summed E-state index contributed by atoms with van der Waals surface area (Å²) >= 11 is 5.89. The molecule has 0 fully saturated rings. The molecule has 0 aliphatic heterocycles. The fraction of sp³-hybridized carbons (Fsp3) is 0.400. The Kier molecular flexibility index (Phi) is 6.43. The van der Waals surface area contributed by atoms with Crippen LogP contribution in [0.4, 0.5) is 0 Å². The Bertz CT molecular complexity index is 477. The largest absolute Gasteiger partial charge is 0.329 e. The van der Waals surface area contributed by atoms with E-state index in [1.807, 2.05) is 6.92 Å². The highest BCUT2D eigenvalue weighted by Gasteiger charge is 2.19. The van der Waals surface area contributed by atoms with Crippen LogP contribution in [0.5, 0.6) is 0 Å². The second-order valence-electron chi connectivity index (χ2n) is 3.69. The second kappa shape index (κ2) is 6.56. The van der Waals surface area contributed by atoms with Gasteiger partial charge in [0, 0.05) is 12.6 Å². The zero-order valence-corrected chi connectivity index (χ0v) is 12.0. The lowest BCUT2D eigenvalue weighted by atomic mass is 10.2. The molecule has 0 amide bonds. The minimum absolute atomic E-state index is 0. The quantitative estimate of drug-likeness (QED) is 0.888. The molecule has 4 nitrogen and oxygen atoms in total. The Hall–Kier alpha value is -0.330. The smallest absolute Gasteiger partial charge is 0.242 e. The number of nitrogens with one attached hydrogen (secondary N) is 1. The molecule has 0 bridgehead atoms. The van der Waals surface area contributed by atoms with Gasteiger partial charge < -0.3 is 5.73 Å². The van der Waals surface area contributed by atoms with Gasteiger partial charge in [-0.05, 0) is 31.5 Å². The van der Waals surface area contributed by atoms with Crippen LogP contribution in [0.1, 0.15) is 12.5 Å². The van der Waals surface area contributed by atoms with E-state index in [4.69, 9.17) is 17.3 Å². The summed E-state index contributed by atoms with van der Waals surface area (Å²) in [7, 11) is -3.58. The number of hydrogen-bond acceptors (Lipinski definition) is 3. The molecule has 17 heavy (non-hydrogen) atoms. The van der Waals surface area contributed by atoms with Gasteiger partial charge in [0.15, 0.2) is 0 Å². The summed E-state index contributed by atoms with van der Waals surface area (Å²) < 4.78 is 26.2. The summed E-state index contributed by atoms with van der Waals surface area (Å²) in [6, 6.07) is 4.49. The van der Waals surface area contributed by atoms with Crippen molar-refractivity contribution in [1.82, 2.24) is 4.72 Å². The van der Waals surface area contributed by atoms with E-state index in [9.17, 15) is 8.42 Å². The summed E-state index contributed by atoms with van der Waals surface area (Å²) in [5.74, 6) is 0. The van der Waals surface area contributed by atoms with Gasteiger partial charge in [-0.1, -0.05) is 17.7 Å². The van der Waals surface area contributed by atoms with Crippen molar-refractivity contribution in [2.45, 2.75) is 24.8 Å². The molecule has 0 unspecified atom stereocenters. The molecular formula is C10H16Cl2N2O2S. The summed E-state index contributed by atoms with van der Waals surface area (Å²) in [6.07, 6.45) is 0. The van der Waals surface area contributed by atoms with E-state index in [0.717, 1.165) is 5.56 Å². The van der Waals surface area contributed by atoms with Gasteiger partial charge in [-0.25, -0.2) is 13.1 Å². The SMILES string of the molecule is Cc1ccc(S(=O)(=O)N[C@H](C)CN)c(Cl)c1.Cl. The third-order valence-electron chi connectivity index (χ3n) is 2.09. The number of aryl methyl sites for hydroxylation is 1. The molecule has 3 N–H and O–H groups in total. The van der Waals surface area contributed by atoms with Crippen molar-refractivity contribution < 1.29 is 8.42 Å². The van der Waals surface area contributed by atoms with Gasteiger partial charge in [0.2, 0.25) is 10.0 Å². The minimum atomic E-state index is -3.58. The lowest BCUT2D eigenvalue weighted by Gasteiger charge is -2.13. The summed E-state index contributed by atoms with van der Waals surface area (Å²) in [5, 5.41) is 0.219. The maximum Gasteiger partial charge on any atom is 0.242 e. The average Bonchev–Trinajstić information content (AvgIpc) is 2.16. The van der Waals surface area contributed by atoms with Crippen LogP contribution >= 0.6 is 24.0 Å². The maximum atomic E-state index is 11.9. The lowest BCUT2D eigenvalue weighted by molar-refractivity contribution is 0.563. The van der Waals surface area contributed by atoms with Crippen LogP contribution in [0.3, 0.4) is 0 Å². The fourth-order valence-electron chi connectivity index (χ4n) is 1.20. The molecule has 0 radical (unpaired) electrons. The Morgan fingerprint density at radius 1 is 1.47 bits per heavy atom. The first-order chi connectivity index (χ1) is 7.36. The van der Waals surface area contributed by atoms with Gasteiger partial charge in [-0.3, -0.25) is 0 Å². The predicted molar refractivity (Wildman–Crippen MR) is 72.3 cm³/mol. The Morgan fingerprint density at radius 3 is 2.53 bits per heavy atom. The van der Waals surface area contributed by atoms with Crippen molar-refractivity contribution in [2.24, 2.45) is 5.73 Å². The molecule has 1 rings (SSSR count). The van der Waals surface area contributed by atoms with Crippen LogP contribution < -0.4 is 10.5 Å². The van der Waals surface area contributed by atoms with Gasteiger partial charge in [0.05, 0.1) is 5.02 Å². The van der Waals surface area contributed by atoms with Crippen molar-refractivity contribution >= 4 is 34.0 Å². The summed E-state index contributed by atoms with van der Waals surface area (Å²) in [6.45, 7) is 3.78. The number of benzene rings is 1. The van der Waals surface area contributed by atoms with Crippen LogP contribution in [0.15, 0.2) is 23.1 Å². The Labute approximate surface area is 113 Å². The van der Waals surface area contributed by atoms with Gasteiger partial charge >= 0.3 is 0 Å². The van der Waals surface area contributed by atoms with E-state index < -0.39 is 10.0 Å². The third kappa shape index (κ3) is 4.44. The molecule has 1 aromatic carbocycles. The van der Waals surface area contributed by atoms with Crippen LogP contribution in [0, 0.1) is 6.92 Å². The molecule has 0 heterocycles. The van der Waals surface area contributed by atoms with Crippen molar-refractivity contribution in [3.63, 3.8) is 0 Å². The molecule has 0 spiro atoms. The zero-order chi connectivity index (χ0) is 12.3. The number of rotatable bonds is 4. The van der Waals surface area contributed by atoms with Crippen LogP contribution in [-0.4, -0.2) is 21.0 Å². The third-order valence-corrected chi connectivity index (χ3v) is 4.16. The van der Waals surface area contributed by atoms with Crippen molar-refractivity contribution in [3.8, 4) is 0 Å². The molecule has 1 aromatic rings. The summed E-state index contributed by atoms with van der Waals surface area (Å²) in [5.41, 5.74) is 6.27. The highest BCUT2D eigenvalue weighted by molar-refractivity contribution is 7.89. The molecule has 7 heteroatoms. The highest BCUT2D eigenvalue weighted by Crippen LogP contribution is 2.22. The van der Waals surface area contributed by atoms with Crippen LogP contribution in [0.2, 0.25) is 5.02 Å². The van der Waals surface area contributed by atoms with Crippen LogP contribution in [-0.2, 0) is 10.0 Å². The van der Waals surface area contributed by atoms with Crippen molar-refractivity contribution in [2.75, 3.05) is 6.54 Å². The Balaban J connectivity index is 0.00000256. The van der Waals surface area contributed by atoms with Gasteiger partial charge in [0.1, 0.15) is 4.90 Å². The van der Waals surface area contributed by atoms with Gasteiger partial charge in [0.25, 0.3) is 0 Å². The zero-order valence-electron chi connectivity index (χ0n) is 9.60.